The lowest BCUT2D eigenvalue weighted by Crippen LogP contribution is -2.51. The summed E-state index contributed by atoms with van der Waals surface area (Å²) in [5.41, 5.74) is 0.919. The van der Waals surface area contributed by atoms with Gasteiger partial charge in [0, 0.05) is 18.1 Å². The van der Waals surface area contributed by atoms with E-state index in [1.165, 1.54) is 0 Å². The standard InChI is InChI=1S/C16H20ClNO5/c17-12-4-2-1-3-11(12)5-6-15(19)18-13-9-22-8-7-14(13)23-10-16(20)21/h1-4,13-14H,5-10H2,(H,18,19)(H,20,21)/t13-,14+/m0/s1. The second-order valence-electron chi connectivity index (χ2n) is 5.37. The fourth-order valence-electron chi connectivity index (χ4n) is 2.46. The lowest BCUT2D eigenvalue weighted by Gasteiger charge is -2.31. The van der Waals surface area contributed by atoms with Crippen LogP contribution in [0.4, 0.5) is 0 Å². The molecule has 2 atom stereocenters. The average Bonchev–Trinajstić information content (AvgIpc) is 2.53. The van der Waals surface area contributed by atoms with Gasteiger partial charge in [-0.2, -0.15) is 0 Å². The van der Waals surface area contributed by atoms with E-state index in [2.05, 4.69) is 5.32 Å². The molecule has 1 aromatic rings. The van der Waals surface area contributed by atoms with Crippen LogP contribution in [-0.4, -0.2) is 48.9 Å². The molecule has 1 fully saturated rings. The number of amides is 1. The van der Waals surface area contributed by atoms with Crippen LogP contribution in [0.15, 0.2) is 24.3 Å². The number of carbonyl (C=O) groups is 2. The summed E-state index contributed by atoms with van der Waals surface area (Å²) < 4.78 is 10.7. The predicted octanol–water partition coefficient (Wildman–Crippen LogP) is 1.65. The van der Waals surface area contributed by atoms with E-state index in [1.807, 2.05) is 18.2 Å². The van der Waals surface area contributed by atoms with E-state index in [-0.39, 0.29) is 24.7 Å². The molecule has 6 nitrogen and oxygen atoms in total. The van der Waals surface area contributed by atoms with E-state index in [4.69, 9.17) is 26.2 Å². The maximum absolute atomic E-state index is 12.1. The molecule has 0 radical (unpaired) electrons. The zero-order valence-electron chi connectivity index (χ0n) is 12.7. The number of rotatable bonds is 7. The Morgan fingerprint density at radius 2 is 2.17 bits per heavy atom. The zero-order valence-corrected chi connectivity index (χ0v) is 13.4. The average molecular weight is 342 g/mol. The summed E-state index contributed by atoms with van der Waals surface area (Å²) in [6, 6.07) is 7.07. The SMILES string of the molecule is O=C(O)CO[C@@H]1CCOC[C@@H]1NC(=O)CCc1ccccc1Cl. The van der Waals surface area contributed by atoms with Gasteiger partial charge in [-0.1, -0.05) is 29.8 Å². The van der Waals surface area contributed by atoms with Crippen LogP contribution in [0.2, 0.25) is 5.02 Å². The van der Waals surface area contributed by atoms with Crippen LogP contribution in [0.3, 0.4) is 0 Å². The van der Waals surface area contributed by atoms with Crippen molar-refractivity contribution in [3.8, 4) is 0 Å². The Bertz CT molecular complexity index is 551. The lowest BCUT2D eigenvalue weighted by atomic mass is 10.1. The highest BCUT2D eigenvalue weighted by molar-refractivity contribution is 6.31. The molecule has 0 bridgehead atoms. The summed E-state index contributed by atoms with van der Waals surface area (Å²) in [5, 5.41) is 12.2. The van der Waals surface area contributed by atoms with Gasteiger partial charge in [-0.3, -0.25) is 4.79 Å². The summed E-state index contributed by atoms with van der Waals surface area (Å²) in [6.07, 6.45) is 1.05. The molecule has 1 aromatic carbocycles. The molecule has 1 aliphatic rings. The summed E-state index contributed by atoms with van der Waals surface area (Å²) in [6.45, 7) is 0.440. The van der Waals surface area contributed by atoms with E-state index >= 15 is 0 Å². The molecule has 1 amide bonds. The van der Waals surface area contributed by atoms with Gasteiger partial charge in [0.05, 0.1) is 18.8 Å². The van der Waals surface area contributed by atoms with E-state index in [1.54, 1.807) is 6.07 Å². The summed E-state index contributed by atoms with van der Waals surface area (Å²) in [5.74, 6) is -1.16. The minimum absolute atomic E-state index is 0.135. The molecule has 126 valence electrons. The zero-order chi connectivity index (χ0) is 16.7. The molecular weight excluding hydrogens is 322 g/mol. The van der Waals surface area contributed by atoms with Crippen molar-refractivity contribution >= 4 is 23.5 Å². The number of halogens is 1. The Labute approximate surface area is 139 Å². The van der Waals surface area contributed by atoms with Crippen LogP contribution >= 0.6 is 11.6 Å². The van der Waals surface area contributed by atoms with Gasteiger partial charge in [0.15, 0.2) is 0 Å². The second-order valence-corrected chi connectivity index (χ2v) is 5.78. The minimum Gasteiger partial charge on any atom is -0.480 e. The molecule has 2 N–H and O–H groups in total. The number of hydrogen-bond acceptors (Lipinski definition) is 4. The number of aliphatic carboxylic acids is 1. The van der Waals surface area contributed by atoms with Gasteiger partial charge in [-0.25, -0.2) is 4.79 Å². The van der Waals surface area contributed by atoms with Gasteiger partial charge >= 0.3 is 5.97 Å². The summed E-state index contributed by atoms with van der Waals surface area (Å²) in [7, 11) is 0. The quantitative estimate of drug-likeness (QED) is 0.787. The van der Waals surface area contributed by atoms with Gasteiger partial charge in [0.25, 0.3) is 0 Å². The number of benzene rings is 1. The molecule has 0 spiro atoms. The molecule has 23 heavy (non-hydrogen) atoms. The topological polar surface area (TPSA) is 84.9 Å². The van der Waals surface area contributed by atoms with Gasteiger partial charge < -0.3 is 19.9 Å². The first-order valence-corrected chi connectivity index (χ1v) is 7.88. The third kappa shape index (κ3) is 5.82. The van der Waals surface area contributed by atoms with E-state index in [9.17, 15) is 9.59 Å². The molecule has 1 heterocycles. The third-order valence-corrected chi connectivity index (χ3v) is 4.01. The predicted molar refractivity (Wildman–Crippen MR) is 84.5 cm³/mol. The number of ether oxygens (including phenoxy) is 2. The molecular formula is C16H20ClNO5. The smallest absolute Gasteiger partial charge is 0.329 e. The molecule has 0 unspecified atom stereocenters. The Morgan fingerprint density at radius 1 is 1.39 bits per heavy atom. The Hall–Kier alpha value is -1.63. The number of nitrogens with one attached hydrogen (secondary N) is 1. The number of carbonyl (C=O) groups excluding carboxylic acids is 1. The van der Waals surface area contributed by atoms with Crippen molar-refractivity contribution in [2.24, 2.45) is 0 Å². The Balaban J connectivity index is 1.82. The first-order chi connectivity index (χ1) is 11.1. The van der Waals surface area contributed by atoms with Crippen molar-refractivity contribution < 1.29 is 24.2 Å². The first kappa shape index (κ1) is 17.7. The van der Waals surface area contributed by atoms with Gasteiger partial charge in [-0.05, 0) is 24.5 Å². The van der Waals surface area contributed by atoms with E-state index in [0.717, 1.165) is 5.56 Å². The number of hydrogen-bond donors (Lipinski definition) is 2. The first-order valence-electron chi connectivity index (χ1n) is 7.50. The van der Waals surface area contributed by atoms with Crippen molar-refractivity contribution in [3.05, 3.63) is 34.9 Å². The fourth-order valence-corrected chi connectivity index (χ4v) is 2.69. The van der Waals surface area contributed by atoms with Crippen LogP contribution < -0.4 is 5.32 Å². The maximum atomic E-state index is 12.1. The molecule has 7 heteroatoms. The molecule has 1 aliphatic heterocycles. The number of aryl methyl sites for hydroxylation is 1. The third-order valence-electron chi connectivity index (χ3n) is 3.64. The molecule has 2 rings (SSSR count). The molecule has 0 aliphatic carbocycles. The number of carboxylic acid groups (broad SMARTS) is 1. The van der Waals surface area contributed by atoms with Gasteiger partial charge in [0.2, 0.25) is 5.91 Å². The fraction of sp³-hybridized carbons (Fsp3) is 0.500. The minimum atomic E-state index is -1.03. The normalized spacial score (nSPS) is 20.9. The molecule has 1 saturated heterocycles. The van der Waals surface area contributed by atoms with E-state index < -0.39 is 5.97 Å². The van der Waals surface area contributed by atoms with Crippen LogP contribution in [-0.2, 0) is 25.5 Å². The highest BCUT2D eigenvalue weighted by Crippen LogP contribution is 2.17. The van der Waals surface area contributed by atoms with Crippen molar-refractivity contribution in [1.29, 1.82) is 0 Å². The van der Waals surface area contributed by atoms with Crippen molar-refractivity contribution in [2.45, 2.75) is 31.4 Å². The lowest BCUT2D eigenvalue weighted by molar-refractivity contribution is -0.148. The highest BCUT2D eigenvalue weighted by Gasteiger charge is 2.28. The second kappa shape index (κ2) is 8.86. The highest BCUT2D eigenvalue weighted by atomic mass is 35.5. The van der Waals surface area contributed by atoms with Crippen molar-refractivity contribution in [2.75, 3.05) is 19.8 Å². The maximum Gasteiger partial charge on any atom is 0.329 e. The van der Waals surface area contributed by atoms with Crippen LogP contribution in [0.1, 0.15) is 18.4 Å². The number of carboxylic acids is 1. The Kier molecular flexibility index (Phi) is 6.83. The Morgan fingerprint density at radius 3 is 2.91 bits per heavy atom. The van der Waals surface area contributed by atoms with Gasteiger partial charge in [-0.15, -0.1) is 0 Å². The summed E-state index contributed by atoms with van der Waals surface area (Å²) in [4.78, 5) is 22.7. The van der Waals surface area contributed by atoms with Crippen LogP contribution in [0, 0.1) is 0 Å². The van der Waals surface area contributed by atoms with Gasteiger partial charge in [0.1, 0.15) is 6.61 Å². The molecule has 0 aromatic heterocycles. The van der Waals surface area contributed by atoms with Crippen molar-refractivity contribution in [1.82, 2.24) is 5.32 Å². The largest absolute Gasteiger partial charge is 0.480 e. The molecule has 0 saturated carbocycles. The van der Waals surface area contributed by atoms with Crippen molar-refractivity contribution in [3.63, 3.8) is 0 Å². The van der Waals surface area contributed by atoms with Crippen LogP contribution in [0.25, 0.3) is 0 Å². The summed E-state index contributed by atoms with van der Waals surface area (Å²) >= 11 is 6.07. The monoisotopic (exact) mass is 341 g/mol. The van der Waals surface area contributed by atoms with E-state index in [0.29, 0.717) is 37.5 Å². The van der Waals surface area contributed by atoms with Crippen LogP contribution in [0.5, 0.6) is 0 Å².